The fourth-order valence-electron chi connectivity index (χ4n) is 1.15. The lowest BCUT2D eigenvalue weighted by Gasteiger charge is -2.07. The maximum absolute atomic E-state index is 12.3. The van der Waals surface area contributed by atoms with Crippen molar-refractivity contribution in [2.75, 3.05) is 19.0 Å². The molecule has 18 heavy (non-hydrogen) atoms. The van der Waals surface area contributed by atoms with Crippen LogP contribution in [0.2, 0.25) is 0 Å². The topological polar surface area (TPSA) is 56.3 Å². The first-order valence-electron chi connectivity index (χ1n) is 5.11. The Hall–Kier alpha value is -1.15. The summed E-state index contributed by atoms with van der Waals surface area (Å²) >= 11 is 0. The van der Waals surface area contributed by atoms with Gasteiger partial charge >= 0.3 is 6.18 Å². The molecule has 1 heterocycles. The van der Waals surface area contributed by atoms with Crippen LogP contribution in [0.4, 0.5) is 13.2 Å². The summed E-state index contributed by atoms with van der Waals surface area (Å²) in [6, 6.07) is 1.55. The molecule has 0 radical (unpaired) electrons. The molecule has 1 rings (SSSR count). The molecule has 4 nitrogen and oxygen atoms in total. The Labute approximate surface area is 103 Å². The van der Waals surface area contributed by atoms with Gasteiger partial charge < -0.3 is 4.74 Å². The monoisotopic (exact) mass is 283 g/mol. The molecule has 1 aromatic rings. The van der Waals surface area contributed by atoms with Crippen molar-refractivity contribution in [2.24, 2.45) is 0 Å². The van der Waals surface area contributed by atoms with Crippen LogP contribution in [0.25, 0.3) is 0 Å². The van der Waals surface area contributed by atoms with Gasteiger partial charge in [-0.2, -0.15) is 13.2 Å². The van der Waals surface area contributed by atoms with Crippen molar-refractivity contribution in [1.29, 1.82) is 0 Å². The molecule has 0 N–H and O–H groups in total. The summed E-state index contributed by atoms with van der Waals surface area (Å²) in [5.41, 5.74) is -0.980. The zero-order valence-corrected chi connectivity index (χ0v) is 10.4. The first kappa shape index (κ1) is 14.9. The number of sulfone groups is 1. The third-order valence-electron chi connectivity index (χ3n) is 2.08. The number of nitrogens with zero attached hydrogens (tertiary/aromatic N) is 1. The Morgan fingerprint density at radius 2 is 2.00 bits per heavy atom. The Kier molecular flexibility index (Phi) is 4.69. The van der Waals surface area contributed by atoms with E-state index in [1.165, 1.54) is 0 Å². The predicted octanol–water partition coefficient (Wildman–Crippen LogP) is 1.91. The standard InChI is InChI=1S/C10H12F3NO3S/c1-2-17-5-6-18(15,16)9-4-3-8(7-14-9)10(11,12)13/h3-4,7H,2,5-6H2,1H3. The van der Waals surface area contributed by atoms with Gasteiger partial charge in [-0.1, -0.05) is 0 Å². The van der Waals surface area contributed by atoms with Crippen LogP contribution in [0.1, 0.15) is 12.5 Å². The molecule has 0 unspecified atom stereocenters. The fourth-order valence-corrected chi connectivity index (χ4v) is 2.18. The Balaban J connectivity index is 2.85. The lowest BCUT2D eigenvalue weighted by Crippen LogP contribution is -2.14. The van der Waals surface area contributed by atoms with E-state index in [2.05, 4.69) is 4.98 Å². The molecule has 8 heteroatoms. The Bertz CT molecular complexity index is 482. The van der Waals surface area contributed by atoms with Crippen LogP contribution in [0.15, 0.2) is 23.4 Å². The summed E-state index contributed by atoms with van der Waals surface area (Å²) in [6.07, 6.45) is -4.02. The highest BCUT2D eigenvalue weighted by Gasteiger charge is 2.31. The van der Waals surface area contributed by atoms with E-state index in [-0.39, 0.29) is 17.4 Å². The number of ether oxygens (including phenoxy) is 1. The predicted molar refractivity (Wildman–Crippen MR) is 57.8 cm³/mol. The maximum atomic E-state index is 12.3. The molecule has 0 atom stereocenters. The van der Waals surface area contributed by atoms with Crippen LogP contribution >= 0.6 is 0 Å². The smallest absolute Gasteiger partial charge is 0.381 e. The molecule has 0 aliphatic rings. The highest BCUT2D eigenvalue weighted by Crippen LogP contribution is 2.28. The van der Waals surface area contributed by atoms with Crippen molar-refractivity contribution in [1.82, 2.24) is 4.98 Å². The average Bonchev–Trinajstić information content (AvgIpc) is 2.28. The van der Waals surface area contributed by atoms with Crippen molar-refractivity contribution in [3.05, 3.63) is 23.9 Å². The number of aromatic nitrogens is 1. The van der Waals surface area contributed by atoms with Gasteiger partial charge in [0.15, 0.2) is 14.9 Å². The first-order chi connectivity index (χ1) is 8.27. The summed E-state index contributed by atoms with van der Waals surface area (Å²) in [5, 5.41) is -0.379. The van der Waals surface area contributed by atoms with Gasteiger partial charge in [0.1, 0.15) is 0 Å². The van der Waals surface area contributed by atoms with Gasteiger partial charge in [0.2, 0.25) is 0 Å². The molecular formula is C10H12F3NO3S. The van der Waals surface area contributed by atoms with Crippen LogP contribution in [0.5, 0.6) is 0 Å². The number of rotatable bonds is 5. The minimum atomic E-state index is -4.53. The molecule has 0 bridgehead atoms. The average molecular weight is 283 g/mol. The van der Waals surface area contributed by atoms with Crippen LogP contribution in [0.3, 0.4) is 0 Å². The molecule has 0 spiro atoms. The van der Waals surface area contributed by atoms with E-state index >= 15 is 0 Å². The van der Waals surface area contributed by atoms with Crippen molar-refractivity contribution >= 4 is 9.84 Å². The third-order valence-corrected chi connectivity index (χ3v) is 3.67. The summed E-state index contributed by atoms with van der Waals surface area (Å²) in [5.74, 6) is -0.306. The van der Waals surface area contributed by atoms with Crippen molar-refractivity contribution in [2.45, 2.75) is 18.1 Å². The van der Waals surface area contributed by atoms with Crippen LogP contribution < -0.4 is 0 Å². The van der Waals surface area contributed by atoms with Gasteiger partial charge in [-0.25, -0.2) is 13.4 Å². The van der Waals surface area contributed by atoms with Gasteiger partial charge in [-0.15, -0.1) is 0 Å². The minimum absolute atomic E-state index is 0.0124. The molecule has 0 aromatic carbocycles. The minimum Gasteiger partial charge on any atom is -0.381 e. The van der Waals surface area contributed by atoms with Crippen molar-refractivity contribution in [3.8, 4) is 0 Å². The molecule has 0 aliphatic carbocycles. The number of pyridine rings is 1. The van der Waals surface area contributed by atoms with Crippen molar-refractivity contribution < 1.29 is 26.3 Å². The van der Waals surface area contributed by atoms with E-state index < -0.39 is 21.6 Å². The van der Waals surface area contributed by atoms with Crippen molar-refractivity contribution in [3.63, 3.8) is 0 Å². The Morgan fingerprint density at radius 3 is 2.44 bits per heavy atom. The zero-order valence-electron chi connectivity index (χ0n) is 9.57. The second-order valence-corrected chi connectivity index (χ2v) is 5.45. The highest BCUT2D eigenvalue weighted by molar-refractivity contribution is 7.91. The molecule has 0 fully saturated rings. The SMILES string of the molecule is CCOCCS(=O)(=O)c1ccc(C(F)(F)F)cn1. The summed E-state index contributed by atoms with van der Waals surface area (Å²) in [7, 11) is -3.70. The van der Waals surface area contributed by atoms with E-state index in [9.17, 15) is 21.6 Å². The molecular weight excluding hydrogens is 271 g/mol. The molecule has 0 amide bonds. The number of halogens is 3. The van der Waals surface area contributed by atoms with E-state index in [1.54, 1.807) is 6.92 Å². The van der Waals surface area contributed by atoms with Gasteiger partial charge in [0.25, 0.3) is 0 Å². The largest absolute Gasteiger partial charge is 0.417 e. The van der Waals surface area contributed by atoms with E-state index in [1.807, 2.05) is 0 Å². The van der Waals surface area contributed by atoms with Crippen LogP contribution in [-0.2, 0) is 20.8 Å². The van der Waals surface area contributed by atoms with E-state index in [0.29, 0.717) is 18.9 Å². The molecule has 1 aromatic heterocycles. The van der Waals surface area contributed by atoms with Crippen LogP contribution in [0, 0.1) is 0 Å². The fraction of sp³-hybridized carbons (Fsp3) is 0.500. The summed E-state index contributed by atoms with van der Waals surface area (Å²) in [4.78, 5) is 3.33. The van der Waals surface area contributed by atoms with E-state index in [4.69, 9.17) is 4.74 Å². The lowest BCUT2D eigenvalue weighted by molar-refractivity contribution is -0.137. The van der Waals surface area contributed by atoms with Gasteiger partial charge in [-0.3, -0.25) is 0 Å². The summed E-state index contributed by atoms with van der Waals surface area (Å²) in [6.45, 7) is 2.07. The second kappa shape index (κ2) is 5.66. The second-order valence-electron chi connectivity index (χ2n) is 3.40. The van der Waals surface area contributed by atoms with Gasteiger partial charge in [0.05, 0.1) is 17.9 Å². The number of hydrogen-bond acceptors (Lipinski definition) is 4. The quantitative estimate of drug-likeness (QED) is 0.775. The molecule has 0 aliphatic heterocycles. The molecule has 0 saturated carbocycles. The normalized spacial score (nSPS) is 12.7. The molecule has 0 saturated heterocycles. The highest BCUT2D eigenvalue weighted by atomic mass is 32.2. The third kappa shape index (κ3) is 3.95. The summed E-state index contributed by atoms with van der Waals surface area (Å²) < 4.78 is 64.9. The Morgan fingerprint density at radius 1 is 1.33 bits per heavy atom. The number of alkyl halides is 3. The van der Waals surface area contributed by atoms with Gasteiger partial charge in [0, 0.05) is 12.8 Å². The zero-order chi connectivity index (χ0) is 13.8. The molecule has 102 valence electrons. The van der Waals surface area contributed by atoms with Crippen LogP contribution in [-0.4, -0.2) is 32.4 Å². The number of hydrogen-bond donors (Lipinski definition) is 0. The van der Waals surface area contributed by atoms with E-state index in [0.717, 1.165) is 6.07 Å². The first-order valence-corrected chi connectivity index (χ1v) is 6.76. The van der Waals surface area contributed by atoms with Gasteiger partial charge in [-0.05, 0) is 19.1 Å². The lowest BCUT2D eigenvalue weighted by atomic mass is 10.3. The maximum Gasteiger partial charge on any atom is 0.417 e.